The minimum atomic E-state index is -4.30. The Balaban J connectivity index is 3.95. The van der Waals surface area contributed by atoms with Gasteiger partial charge < -0.3 is 10.8 Å². The number of hydrogen-bond acceptors (Lipinski definition) is 2. The van der Waals surface area contributed by atoms with Gasteiger partial charge in [-0.2, -0.15) is 13.2 Å². The van der Waals surface area contributed by atoms with Crippen LogP contribution in [-0.4, -0.2) is 23.4 Å². The van der Waals surface area contributed by atoms with E-state index in [-0.39, 0.29) is 5.92 Å². The molecular formula is C7H14F3NO. The second-order valence-electron chi connectivity index (χ2n) is 3.22. The van der Waals surface area contributed by atoms with E-state index in [1.54, 1.807) is 13.8 Å². The van der Waals surface area contributed by atoms with Crippen LogP contribution in [0.5, 0.6) is 0 Å². The maximum absolute atomic E-state index is 11.7. The monoisotopic (exact) mass is 185 g/mol. The molecule has 0 rings (SSSR count). The Morgan fingerprint density at radius 2 is 1.75 bits per heavy atom. The normalized spacial score (nSPS) is 18.0. The average molecular weight is 185 g/mol. The van der Waals surface area contributed by atoms with Crippen molar-refractivity contribution >= 4 is 0 Å². The molecule has 0 aromatic heterocycles. The maximum Gasteiger partial charge on any atom is 0.390 e. The molecule has 3 N–H and O–H groups in total. The molecule has 0 spiro atoms. The number of halogens is 3. The number of aliphatic hydroxyl groups is 1. The lowest BCUT2D eigenvalue weighted by molar-refractivity contribution is -0.145. The summed E-state index contributed by atoms with van der Waals surface area (Å²) in [5.41, 5.74) is 5.13. The van der Waals surface area contributed by atoms with Gasteiger partial charge in [-0.15, -0.1) is 0 Å². The lowest BCUT2D eigenvalue weighted by atomic mass is 9.98. The molecule has 0 aromatic carbocycles. The molecule has 2 unspecified atom stereocenters. The molecule has 0 amide bonds. The molecule has 0 fully saturated rings. The number of aliphatic hydroxyl groups excluding tert-OH is 1. The van der Waals surface area contributed by atoms with Gasteiger partial charge >= 0.3 is 6.18 Å². The van der Waals surface area contributed by atoms with E-state index in [1.807, 2.05) is 0 Å². The zero-order chi connectivity index (χ0) is 9.94. The molecule has 2 nitrogen and oxygen atoms in total. The Hall–Kier alpha value is -0.290. The van der Waals surface area contributed by atoms with Crippen molar-refractivity contribution in [1.82, 2.24) is 0 Å². The zero-order valence-electron chi connectivity index (χ0n) is 7.10. The predicted octanol–water partition coefficient (Wildman–Crippen LogP) is 1.28. The van der Waals surface area contributed by atoms with Crippen molar-refractivity contribution in [2.75, 3.05) is 0 Å². The molecule has 12 heavy (non-hydrogen) atoms. The summed E-state index contributed by atoms with van der Waals surface area (Å²) in [4.78, 5) is 0. The molecule has 0 aliphatic rings. The van der Waals surface area contributed by atoms with Crippen molar-refractivity contribution in [3.63, 3.8) is 0 Å². The molecule has 2 atom stereocenters. The fourth-order valence-electron chi connectivity index (χ4n) is 0.882. The van der Waals surface area contributed by atoms with Crippen LogP contribution in [0.1, 0.15) is 20.3 Å². The minimum Gasteiger partial charge on any atom is -0.391 e. The van der Waals surface area contributed by atoms with Crippen LogP contribution < -0.4 is 5.73 Å². The lowest BCUT2D eigenvalue weighted by Gasteiger charge is -2.22. The Kier molecular flexibility index (Phi) is 3.99. The molecule has 0 aromatic rings. The molecule has 0 bridgehead atoms. The van der Waals surface area contributed by atoms with Gasteiger partial charge in [-0.3, -0.25) is 0 Å². The molecule has 0 saturated heterocycles. The largest absolute Gasteiger partial charge is 0.391 e. The number of rotatable bonds is 3. The Morgan fingerprint density at radius 3 is 2.00 bits per heavy atom. The van der Waals surface area contributed by atoms with Gasteiger partial charge in [-0.25, -0.2) is 0 Å². The van der Waals surface area contributed by atoms with E-state index < -0.39 is 24.7 Å². The highest BCUT2D eigenvalue weighted by molar-refractivity contribution is 4.76. The van der Waals surface area contributed by atoms with Crippen LogP contribution in [0.4, 0.5) is 13.2 Å². The summed E-state index contributed by atoms with van der Waals surface area (Å²) in [6.07, 6.45) is -6.52. The van der Waals surface area contributed by atoms with E-state index in [0.717, 1.165) is 0 Å². The number of hydrogen-bond donors (Lipinski definition) is 2. The summed E-state index contributed by atoms with van der Waals surface area (Å²) in [5.74, 6) is -0.248. The fraction of sp³-hybridized carbons (Fsp3) is 1.00. The zero-order valence-corrected chi connectivity index (χ0v) is 7.10. The van der Waals surface area contributed by atoms with Crippen LogP contribution in [0, 0.1) is 5.92 Å². The van der Waals surface area contributed by atoms with Crippen molar-refractivity contribution in [3.8, 4) is 0 Å². The topological polar surface area (TPSA) is 46.2 Å². The van der Waals surface area contributed by atoms with E-state index in [4.69, 9.17) is 10.8 Å². The van der Waals surface area contributed by atoms with Crippen LogP contribution in [-0.2, 0) is 0 Å². The van der Waals surface area contributed by atoms with E-state index in [1.165, 1.54) is 0 Å². The molecular weight excluding hydrogens is 171 g/mol. The van der Waals surface area contributed by atoms with Gasteiger partial charge in [0.2, 0.25) is 0 Å². The second kappa shape index (κ2) is 4.09. The van der Waals surface area contributed by atoms with Crippen LogP contribution in [0.15, 0.2) is 0 Å². The van der Waals surface area contributed by atoms with Crippen LogP contribution in [0.3, 0.4) is 0 Å². The van der Waals surface area contributed by atoms with Gasteiger partial charge in [0.05, 0.1) is 12.5 Å². The molecule has 0 heterocycles. The van der Waals surface area contributed by atoms with Gasteiger partial charge in [-0.1, -0.05) is 13.8 Å². The Bertz CT molecular complexity index is 135. The standard InChI is InChI=1S/C7H14F3NO/c1-4(2)6(12)5(11)3-7(8,9)10/h4-6,12H,3,11H2,1-2H3. The summed E-state index contributed by atoms with van der Waals surface area (Å²) < 4.78 is 35.2. The third kappa shape index (κ3) is 4.56. The number of alkyl halides is 3. The highest BCUT2D eigenvalue weighted by Crippen LogP contribution is 2.23. The maximum atomic E-state index is 11.7. The smallest absolute Gasteiger partial charge is 0.390 e. The van der Waals surface area contributed by atoms with Crippen molar-refractivity contribution in [3.05, 3.63) is 0 Å². The third-order valence-electron chi connectivity index (χ3n) is 1.59. The summed E-state index contributed by atoms with van der Waals surface area (Å²) in [6, 6.07) is -1.22. The van der Waals surface area contributed by atoms with Gasteiger partial charge in [0.25, 0.3) is 0 Å². The van der Waals surface area contributed by atoms with Crippen LogP contribution in [0.25, 0.3) is 0 Å². The Labute approximate surface area is 69.6 Å². The van der Waals surface area contributed by atoms with Gasteiger partial charge in [0, 0.05) is 6.04 Å². The van der Waals surface area contributed by atoms with Crippen LogP contribution in [0.2, 0.25) is 0 Å². The van der Waals surface area contributed by atoms with Crippen LogP contribution >= 0.6 is 0 Å². The molecule has 0 aliphatic carbocycles. The predicted molar refractivity (Wildman–Crippen MR) is 39.5 cm³/mol. The van der Waals surface area contributed by atoms with Crippen molar-refractivity contribution in [1.29, 1.82) is 0 Å². The van der Waals surface area contributed by atoms with Crippen molar-refractivity contribution < 1.29 is 18.3 Å². The molecule has 0 saturated carbocycles. The highest BCUT2D eigenvalue weighted by Gasteiger charge is 2.33. The summed E-state index contributed by atoms with van der Waals surface area (Å²) in [5, 5.41) is 9.13. The minimum absolute atomic E-state index is 0.248. The summed E-state index contributed by atoms with van der Waals surface area (Å²) >= 11 is 0. The van der Waals surface area contributed by atoms with E-state index in [2.05, 4.69) is 0 Å². The first-order chi connectivity index (χ1) is 5.24. The fourth-order valence-corrected chi connectivity index (χ4v) is 0.882. The van der Waals surface area contributed by atoms with Crippen molar-refractivity contribution in [2.45, 2.75) is 38.6 Å². The molecule has 0 aliphatic heterocycles. The quantitative estimate of drug-likeness (QED) is 0.695. The van der Waals surface area contributed by atoms with Gasteiger partial charge in [-0.05, 0) is 5.92 Å². The SMILES string of the molecule is CC(C)C(O)C(N)CC(F)(F)F. The molecule has 5 heteroatoms. The first kappa shape index (κ1) is 11.7. The lowest BCUT2D eigenvalue weighted by Crippen LogP contribution is -2.41. The van der Waals surface area contributed by atoms with Gasteiger partial charge in [0.1, 0.15) is 0 Å². The number of nitrogens with two attached hydrogens (primary N) is 1. The second-order valence-corrected chi connectivity index (χ2v) is 3.22. The summed E-state index contributed by atoms with van der Waals surface area (Å²) in [7, 11) is 0. The third-order valence-corrected chi connectivity index (χ3v) is 1.59. The first-order valence-electron chi connectivity index (χ1n) is 3.74. The first-order valence-corrected chi connectivity index (χ1v) is 3.74. The van der Waals surface area contributed by atoms with Crippen molar-refractivity contribution in [2.24, 2.45) is 11.7 Å². The van der Waals surface area contributed by atoms with E-state index in [0.29, 0.717) is 0 Å². The van der Waals surface area contributed by atoms with Gasteiger partial charge in [0.15, 0.2) is 0 Å². The van der Waals surface area contributed by atoms with E-state index >= 15 is 0 Å². The summed E-state index contributed by atoms with van der Waals surface area (Å²) in [6.45, 7) is 3.25. The van der Waals surface area contributed by atoms with E-state index in [9.17, 15) is 13.2 Å². The Morgan fingerprint density at radius 1 is 1.33 bits per heavy atom. The molecule has 0 radical (unpaired) electrons. The molecule has 74 valence electrons. The average Bonchev–Trinajstić information content (AvgIpc) is 1.82. The highest BCUT2D eigenvalue weighted by atomic mass is 19.4.